The van der Waals surface area contributed by atoms with Gasteiger partial charge in [-0.1, -0.05) is 13.3 Å². The predicted molar refractivity (Wildman–Crippen MR) is 114 cm³/mol. The summed E-state index contributed by atoms with van der Waals surface area (Å²) in [6.07, 6.45) is 6.68. The molecule has 1 aromatic rings. The number of likely N-dealkylation sites (tertiary alicyclic amines) is 1. The number of likely N-dealkylation sites (N-methyl/N-ethyl adjacent to an activating group) is 1. The van der Waals surface area contributed by atoms with Gasteiger partial charge in [0.05, 0.1) is 5.60 Å². The Morgan fingerprint density at radius 3 is 2.83 bits per heavy atom. The van der Waals surface area contributed by atoms with E-state index in [9.17, 15) is 10.2 Å². The predicted octanol–water partition coefficient (Wildman–Crippen LogP) is 3.39. The molecule has 4 fully saturated rings. The highest BCUT2D eigenvalue weighted by molar-refractivity contribution is 5.61. The van der Waals surface area contributed by atoms with Crippen molar-refractivity contribution in [2.75, 3.05) is 20.7 Å². The van der Waals surface area contributed by atoms with Crippen LogP contribution in [0.15, 0.2) is 12.1 Å². The fraction of sp³-hybridized carbons (Fsp3) is 0.760. The second-order valence-corrected chi connectivity index (χ2v) is 11.1. The average Bonchev–Trinajstić information content (AvgIpc) is 3.05. The van der Waals surface area contributed by atoms with E-state index >= 15 is 0 Å². The molecule has 0 aromatic heterocycles. The lowest BCUT2D eigenvalue weighted by Gasteiger charge is -2.74. The molecule has 4 bridgehead atoms. The van der Waals surface area contributed by atoms with E-state index < -0.39 is 11.2 Å². The Hall–Kier alpha value is -1.30. The van der Waals surface area contributed by atoms with Gasteiger partial charge in [-0.2, -0.15) is 0 Å². The fourth-order valence-corrected chi connectivity index (χ4v) is 9.13. The van der Waals surface area contributed by atoms with Crippen LogP contribution in [0.1, 0.15) is 63.5 Å². The van der Waals surface area contributed by atoms with Crippen LogP contribution in [-0.2, 0) is 16.6 Å². The maximum Gasteiger partial charge on any atom is 0.138 e. The summed E-state index contributed by atoms with van der Waals surface area (Å²) in [5.74, 6) is 1.20. The number of benzene rings is 1. The molecule has 1 saturated heterocycles. The Bertz CT molecular complexity index is 915. The number of hydrogen-bond acceptors (Lipinski definition) is 5. The van der Waals surface area contributed by atoms with E-state index in [4.69, 9.17) is 9.47 Å². The smallest absolute Gasteiger partial charge is 0.138 e. The molecule has 2 heterocycles. The van der Waals surface area contributed by atoms with Crippen molar-refractivity contribution in [3.8, 4) is 11.5 Å². The highest BCUT2D eigenvalue weighted by Crippen LogP contribution is 2.77. The molecule has 2 spiro atoms. The lowest BCUT2D eigenvalue weighted by atomic mass is 9.33. The van der Waals surface area contributed by atoms with Crippen molar-refractivity contribution in [3.05, 3.63) is 23.3 Å². The van der Waals surface area contributed by atoms with Crippen LogP contribution in [0.4, 0.5) is 0 Å². The number of piperidine rings is 1. The summed E-state index contributed by atoms with van der Waals surface area (Å²) in [7, 11) is 4.09. The Morgan fingerprint density at radius 1 is 1.30 bits per heavy atom. The van der Waals surface area contributed by atoms with E-state index in [1.54, 1.807) is 0 Å². The fourth-order valence-electron chi connectivity index (χ4n) is 9.13. The van der Waals surface area contributed by atoms with E-state index in [0.717, 1.165) is 57.2 Å². The number of aliphatic hydroxyl groups is 1. The van der Waals surface area contributed by atoms with Gasteiger partial charge < -0.3 is 24.6 Å². The number of aromatic hydroxyl groups is 1. The molecule has 3 saturated carbocycles. The largest absolute Gasteiger partial charge is 0.508 e. The minimum Gasteiger partial charge on any atom is -0.508 e. The second-order valence-electron chi connectivity index (χ2n) is 11.1. The molecule has 0 radical (unpaired) electrons. The van der Waals surface area contributed by atoms with Crippen molar-refractivity contribution in [1.29, 1.82) is 0 Å². The van der Waals surface area contributed by atoms with Crippen molar-refractivity contribution in [3.63, 3.8) is 0 Å². The van der Waals surface area contributed by atoms with E-state index in [1.807, 2.05) is 26.2 Å². The first-order valence-electron chi connectivity index (χ1n) is 11.8. The highest BCUT2D eigenvalue weighted by atomic mass is 16.6. The molecule has 5 heteroatoms. The SMILES string of the molecule is CCC[C@](C)(O)[C@H]1C[C@@]23CC[C@@]1(OC)[C@@H]1Oc4cc(O)cc5c4[C@@]12CCN(C)[C@@H]3C5. The molecule has 2 aliphatic heterocycles. The van der Waals surface area contributed by atoms with Crippen LogP contribution in [0.25, 0.3) is 0 Å². The number of rotatable bonds is 4. The summed E-state index contributed by atoms with van der Waals surface area (Å²) < 4.78 is 13.3. The molecule has 0 unspecified atom stereocenters. The molecule has 2 N–H and O–H groups in total. The normalized spacial score (nSPS) is 45.0. The average molecular weight is 414 g/mol. The third-order valence-electron chi connectivity index (χ3n) is 10.1. The van der Waals surface area contributed by atoms with Crippen molar-refractivity contribution in [2.24, 2.45) is 11.3 Å². The number of fused-ring (bicyclic) bond motifs is 2. The van der Waals surface area contributed by atoms with Gasteiger partial charge in [0, 0.05) is 41.5 Å². The molecule has 30 heavy (non-hydrogen) atoms. The highest BCUT2D eigenvalue weighted by Gasteiger charge is 2.81. The van der Waals surface area contributed by atoms with E-state index in [2.05, 4.69) is 18.9 Å². The summed E-state index contributed by atoms with van der Waals surface area (Å²) in [5, 5.41) is 22.1. The monoisotopic (exact) mass is 413 g/mol. The van der Waals surface area contributed by atoms with E-state index in [1.165, 1.54) is 11.1 Å². The Balaban J connectivity index is 1.63. The molecular formula is C25H35NO4. The van der Waals surface area contributed by atoms with Crippen LogP contribution < -0.4 is 4.74 Å². The van der Waals surface area contributed by atoms with Gasteiger partial charge in [0.2, 0.25) is 0 Å². The van der Waals surface area contributed by atoms with Crippen LogP contribution in [-0.4, -0.2) is 59.2 Å². The first-order chi connectivity index (χ1) is 14.3. The lowest BCUT2D eigenvalue weighted by Crippen LogP contribution is -2.82. The van der Waals surface area contributed by atoms with E-state index in [0.29, 0.717) is 11.8 Å². The van der Waals surface area contributed by atoms with Gasteiger partial charge in [0.15, 0.2) is 0 Å². The molecule has 7 atom stereocenters. The molecule has 164 valence electrons. The second kappa shape index (κ2) is 5.73. The third-order valence-corrected chi connectivity index (χ3v) is 10.1. The van der Waals surface area contributed by atoms with Crippen LogP contribution >= 0.6 is 0 Å². The van der Waals surface area contributed by atoms with Gasteiger partial charge in [0.25, 0.3) is 0 Å². The van der Waals surface area contributed by atoms with Crippen molar-refractivity contribution < 1.29 is 19.7 Å². The summed E-state index contributed by atoms with van der Waals surface area (Å²) >= 11 is 0. The molecule has 4 aliphatic carbocycles. The molecule has 5 nitrogen and oxygen atoms in total. The number of phenols is 1. The van der Waals surface area contributed by atoms with Crippen molar-refractivity contribution in [1.82, 2.24) is 4.90 Å². The number of ether oxygens (including phenoxy) is 2. The molecule has 6 aliphatic rings. The number of methoxy groups -OCH3 is 1. The summed E-state index contributed by atoms with van der Waals surface area (Å²) in [4.78, 5) is 2.55. The zero-order valence-corrected chi connectivity index (χ0v) is 18.7. The van der Waals surface area contributed by atoms with Crippen molar-refractivity contribution in [2.45, 2.75) is 87.6 Å². The van der Waals surface area contributed by atoms with Crippen LogP contribution in [0, 0.1) is 11.3 Å². The number of hydrogen-bond donors (Lipinski definition) is 2. The van der Waals surface area contributed by atoms with Gasteiger partial charge in [-0.05, 0) is 70.7 Å². The maximum absolute atomic E-state index is 11.7. The first kappa shape index (κ1) is 19.4. The van der Waals surface area contributed by atoms with Crippen LogP contribution in [0.3, 0.4) is 0 Å². The van der Waals surface area contributed by atoms with Crippen molar-refractivity contribution >= 4 is 0 Å². The molecule has 0 amide bonds. The number of nitrogens with zero attached hydrogens (tertiary/aromatic N) is 1. The molecule has 7 rings (SSSR count). The topological polar surface area (TPSA) is 62.2 Å². The Labute approximate surface area is 179 Å². The van der Waals surface area contributed by atoms with Gasteiger partial charge in [-0.15, -0.1) is 0 Å². The quantitative estimate of drug-likeness (QED) is 0.792. The van der Waals surface area contributed by atoms with Gasteiger partial charge >= 0.3 is 0 Å². The molecule has 1 aromatic carbocycles. The van der Waals surface area contributed by atoms with Gasteiger partial charge in [-0.3, -0.25) is 0 Å². The van der Waals surface area contributed by atoms with Crippen LogP contribution in [0.2, 0.25) is 0 Å². The van der Waals surface area contributed by atoms with E-state index in [-0.39, 0.29) is 22.9 Å². The lowest BCUT2D eigenvalue weighted by molar-refractivity contribution is -0.301. The minimum absolute atomic E-state index is 0.0419. The summed E-state index contributed by atoms with van der Waals surface area (Å²) in [6, 6.07) is 4.20. The zero-order valence-electron chi connectivity index (χ0n) is 18.7. The standard InChI is InChI=1S/C25H35NO4/c1-5-6-22(2,28)18-14-23-7-8-25(18,29-4)21-24(23)9-10-26(3)19(23)12-15-11-16(27)13-17(30-21)20(15)24/h11,13,18-19,21,27-28H,5-10,12,14H2,1-4H3/t18-,19-,21-,22+,23-,24+,25+/m1/s1. The number of phenolic OH excluding ortho intramolecular Hbond substituents is 1. The minimum atomic E-state index is -0.785. The third kappa shape index (κ3) is 1.89. The van der Waals surface area contributed by atoms with Crippen LogP contribution in [0.5, 0.6) is 11.5 Å². The maximum atomic E-state index is 11.7. The van der Waals surface area contributed by atoms with Gasteiger partial charge in [-0.25, -0.2) is 0 Å². The molecular weight excluding hydrogens is 378 g/mol. The summed E-state index contributed by atoms with van der Waals surface area (Å²) in [5.41, 5.74) is 1.34. The first-order valence-corrected chi connectivity index (χ1v) is 11.8. The Kier molecular flexibility index (Phi) is 3.70. The Morgan fingerprint density at radius 2 is 2.10 bits per heavy atom. The van der Waals surface area contributed by atoms with Gasteiger partial charge in [0.1, 0.15) is 23.2 Å². The summed E-state index contributed by atoms with van der Waals surface area (Å²) in [6.45, 7) is 5.23. The zero-order chi connectivity index (χ0) is 21.1.